The van der Waals surface area contributed by atoms with E-state index in [1.54, 1.807) is 0 Å². The summed E-state index contributed by atoms with van der Waals surface area (Å²) in [5.74, 6) is 0.650. The van der Waals surface area contributed by atoms with E-state index in [0.717, 1.165) is 47.6 Å². The summed E-state index contributed by atoms with van der Waals surface area (Å²) in [4.78, 5) is 2.44. The molecule has 0 bridgehead atoms. The van der Waals surface area contributed by atoms with Gasteiger partial charge in [-0.3, -0.25) is 0 Å². The lowest BCUT2D eigenvalue weighted by molar-refractivity contribution is 0.423. The molecule has 0 aliphatic heterocycles. The average Bonchev–Trinajstić information content (AvgIpc) is 4.24. The number of nitrogens with zero attached hydrogens (tertiary/aromatic N) is 2. The fourth-order valence-corrected chi connectivity index (χ4v) is 13.1. The fraction of sp³-hybridized carbons (Fsp3) is 0.114. The maximum absolute atomic E-state index is 3.96. The number of hydrogen-bond acceptors (Lipinski definition) is 1. The second-order valence-corrected chi connectivity index (χ2v) is 22.0. The van der Waals surface area contributed by atoms with Crippen LogP contribution in [0.3, 0.4) is 0 Å². The van der Waals surface area contributed by atoms with Crippen LogP contribution in [-0.2, 0) is 11.8 Å². The van der Waals surface area contributed by atoms with Gasteiger partial charge in [-0.05, 0) is 169 Å². The third-order valence-electron chi connectivity index (χ3n) is 17.3. The van der Waals surface area contributed by atoms with Crippen LogP contribution in [0.25, 0.3) is 84.2 Å². The summed E-state index contributed by atoms with van der Waals surface area (Å²) in [5.41, 5.74) is 24.3. The Morgan fingerprint density at radius 3 is 1.52 bits per heavy atom. The van der Waals surface area contributed by atoms with Crippen molar-refractivity contribution in [1.29, 1.82) is 0 Å². The number of hydrogen-bond donors (Lipinski definition) is 0. The van der Waals surface area contributed by atoms with Crippen molar-refractivity contribution < 1.29 is 0 Å². The molecule has 0 fully saturated rings. The fourth-order valence-electron chi connectivity index (χ4n) is 13.1. The topological polar surface area (TPSA) is 8.17 Å². The molecule has 392 valence electrons. The number of aromatic nitrogens is 1. The quantitative estimate of drug-likeness (QED) is 0.0778. The molecule has 2 nitrogen and oxygen atoms in total. The standard InChI is InChI=1S/C79H66N2/c1-4-56-29-31-59(32-30-56)52-58(6-3)20-18-19-51-79(66-21-10-7-11-22-66)75-28-17-16-27-71(75)72-48-47-70(55-76(72)79)80(67-23-12-8-13-24-67)69-45-41-61(42-46-69)60-37-39-63(40-38-60)65-44-50-78-74(54-65)73-53-64(62-35-33-57(5-2)34-36-62)43-49-77(73)81(78)68-25-14-9-15-26-68/h4-5,7-17,21-50,53-55,58H,1-2,6,18-20,51-52H2,3H3. The van der Waals surface area contributed by atoms with Gasteiger partial charge in [0.2, 0.25) is 0 Å². The largest absolute Gasteiger partial charge is 0.310 e. The number of benzene rings is 11. The second-order valence-electron chi connectivity index (χ2n) is 22.0. The van der Waals surface area contributed by atoms with Crippen molar-refractivity contribution >= 4 is 51.0 Å². The molecular formula is C79H66N2. The zero-order valence-corrected chi connectivity index (χ0v) is 46.2. The zero-order chi connectivity index (χ0) is 54.7. The molecule has 13 rings (SSSR count). The smallest absolute Gasteiger partial charge is 0.0541 e. The highest BCUT2D eigenvalue weighted by Crippen LogP contribution is 2.56. The van der Waals surface area contributed by atoms with Gasteiger partial charge in [0.15, 0.2) is 0 Å². The van der Waals surface area contributed by atoms with Crippen molar-refractivity contribution in [2.45, 2.75) is 50.9 Å². The first-order valence-electron chi connectivity index (χ1n) is 28.9. The Morgan fingerprint density at radius 1 is 0.432 bits per heavy atom. The predicted molar refractivity (Wildman–Crippen MR) is 346 cm³/mol. The van der Waals surface area contributed by atoms with Gasteiger partial charge in [-0.1, -0.05) is 252 Å². The van der Waals surface area contributed by atoms with E-state index in [-0.39, 0.29) is 5.41 Å². The Kier molecular flexibility index (Phi) is 14.0. The molecule has 2 heteroatoms. The first-order valence-corrected chi connectivity index (χ1v) is 28.9. The van der Waals surface area contributed by atoms with Crippen LogP contribution in [0.2, 0.25) is 0 Å². The molecule has 0 spiro atoms. The van der Waals surface area contributed by atoms with Crippen LogP contribution in [-0.4, -0.2) is 4.57 Å². The summed E-state index contributed by atoms with van der Waals surface area (Å²) < 4.78 is 2.39. The summed E-state index contributed by atoms with van der Waals surface area (Å²) in [6.45, 7) is 10.3. The molecule has 1 aliphatic carbocycles. The van der Waals surface area contributed by atoms with Gasteiger partial charge in [0.05, 0.1) is 11.0 Å². The Labute approximate surface area is 478 Å². The predicted octanol–water partition coefficient (Wildman–Crippen LogP) is 21.7. The highest BCUT2D eigenvalue weighted by molar-refractivity contribution is 6.11. The highest BCUT2D eigenvalue weighted by Gasteiger charge is 2.44. The molecule has 0 saturated heterocycles. The summed E-state index contributed by atoms with van der Waals surface area (Å²) >= 11 is 0. The summed E-state index contributed by atoms with van der Waals surface area (Å²) in [6.07, 6.45) is 10.7. The van der Waals surface area contributed by atoms with E-state index in [9.17, 15) is 0 Å². The number of anilines is 3. The molecule has 0 amide bonds. The van der Waals surface area contributed by atoms with Crippen LogP contribution in [0.15, 0.2) is 280 Å². The van der Waals surface area contributed by atoms with Gasteiger partial charge in [-0.2, -0.15) is 0 Å². The molecular weight excluding hydrogens is 977 g/mol. The lowest BCUT2D eigenvalue weighted by atomic mass is 9.69. The molecule has 81 heavy (non-hydrogen) atoms. The Hall–Kier alpha value is -9.50. The number of unbranched alkanes of at least 4 members (excludes halogenated alkanes) is 1. The maximum Gasteiger partial charge on any atom is 0.0541 e. The molecule has 12 aromatic rings. The van der Waals surface area contributed by atoms with E-state index in [0.29, 0.717) is 5.92 Å². The average molecular weight is 1040 g/mol. The van der Waals surface area contributed by atoms with Crippen molar-refractivity contribution in [2.24, 2.45) is 5.92 Å². The van der Waals surface area contributed by atoms with Gasteiger partial charge in [-0.15, -0.1) is 0 Å². The number of rotatable bonds is 18. The molecule has 0 N–H and O–H groups in total. The third kappa shape index (κ3) is 9.72. The minimum Gasteiger partial charge on any atom is -0.310 e. The maximum atomic E-state index is 3.96. The summed E-state index contributed by atoms with van der Waals surface area (Å²) in [7, 11) is 0. The molecule has 1 heterocycles. The first-order chi connectivity index (χ1) is 40.0. The third-order valence-corrected chi connectivity index (χ3v) is 17.3. The van der Waals surface area contributed by atoms with E-state index >= 15 is 0 Å². The SMILES string of the molecule is C=Cc1ccc(CC(CC)CCCCC2(c3ccccc3)c3ccccc3-c3ccc(N(c4ccccc4)c4ccc(-c5ccc(-c6ccc7c(c6)c6cc(-c8ccc(C=C)cc8)ccc6n7-c6ccccc6)cc5)cc4)cc32)cc1. The van der Waals surface area contributed by atoms with Gasteiger partial charge in [0, 0.05) is 38.9 Å². The number of fused-ring (bicyclic) bond motifs is 6. The van der Waals surface area contributed by atoms with E-state index in [1.807, 2.05) is 12.2 Å². The molecule has 11 aromatic carbocycles. The minimum absolute atomic E-state index is 0.293. The van der Waals surface area contributed by atoms with E-state index in [4.69, 9.17) is 0 Å². The van der Waals surface area contributed by atoms with Gasteiger partial charge in [-0.25, -0.2) is 0 Å². The van der Waals surface area contributed by atoms with Gasteiger partial charge < -0.3 is 9.47 Å². The number of para-hydroxylation sites is 2. The Morgan fingerprint density at radius 2 is 0.914 bits per heavy atom. The van der Waals surface area contributed by atoms with E-state index in [2.05, 4.69) is 296 Å². The van der Waals surface area contributed by atoms with E-state index < -0.39 is 0 Å². The van der Waals surface area contributed by atoms with Crippen molar-refractivity contribution in [3.8, 4) is 50.2 Å². The molecule has 2 unspecified atom stereocenters. The molecule has 1 aromatic heterocycles. The Balaban J connectivity index is 0.809. The van der Waals surface area contributed by atoms with Crippen LogP contribution < -0.4 is 4.90 Å². The second kappa shape index (κ2) is 22.3. The molecule has 1 aliphatic rings. The lowest BCUT2D eigenvalue weighted by Gasteiger charge is -2.34. The van der Waals surface area contributed by atoms with Crippen molar-refractivity contribution in [2.75, 3.05) is 4.90 Å². The summed E-state index contributed by atoms with van der Waals surface area (Å²) in [6, 6.07) is 99.0. The molecule has 0 radical (unpaired) electrons. The van der Waals surface area contributed by atoms with Gasteiger partial charge >= 0.3 is 0 Å². The normalized spacial score (nSPS) is 13.9. The molecule has 0 saturated carbocycles. The monoisotopic (exact) mass is 1040 g/mol. The van der Waals surface area contributed by atoms with Crippen LogP contribution in [0.1, 0.15) is 72.4 Å². The lowest BCUT2D eigenvalue weighted by Crippen LogP contribution is -2.27. The van der Waals surface area contributed by atoms with Crippen LogP contribution in [0.5, 0.6) is 0 Å². The van der Waals surface area contributed by atoms with Crippen molar-refractivity contribution in [3.63, 3.8) is 0 Å². The first kappa shape index (κ1) is 51.0. The summed E-state index contributed by atoms with van der Waals surface area (Å²) in [5, 5.41) is 2.47. The van der Waals surface area contributed by atoms with Crippen LogP contribution >= 0.6 is 0 Å². The van der Waals surface area contributed by atoms with E-state index in [1.165, 1.54) is 113 Å². The van der Waals surface area contributed by atoms with Crippen molar-refractivity contribution in [1.82, 2.24) is 4.57 Å². The van der Waals surface area contributed by atoms with Crippen LogP contribution in [0, 0.1) is 5.92 Å². The van der Waals surface area contributed by atoms with Crippen molar-refractivity contribution in [3.05, 3.63) is 313 Å². The highest BCUT2D eigenvalue weighted by atomic mass is 15.1. The Bertz CT molecular complexity index is 4170. The minimum atomic E-state index is -0.293. The zero-order valence-electron chi connectivity index (χ0n) is 46.2. The van der Waals surface area contributed by atoms with Gasteiger partial charge in [0.1, 0.15) is 0 Å². The van der Waals surface area contributed by atoms with Gasteiger partial charge in [0.25, 0.3) is 0 Å². The van der Waals surface area contributed by atoms with Crippen LogP contribution in [0.4, 0.5) is 17.1 Å². The molecule has 2 atom stereocenters.